The molecule has 0 aliphatic carbocycles. The number of carbonyl (C=O) groups excluding carboxylic acids is 1. The zero-order valence-electron chi connectivity index (χ0n) is 15.6. The molecule has 1 aliphatic rings. The predicted octanol–water partition coefficient (Wildman–Crippen LogP) is 2.08. The van der Waals surface area contributed by atoms with Crippen LogP contribution in [0.4, 0.5) is 0 Å². The summed E-state index contributed by atoms with van der Waals surface area (Å²) in [6, 6.07) is 14.3. The first kappa shape index (κ1) is 19.4. The van der Waals surface area contributed by atoms with Gasteiger partial charge >= 0.3 is 0 Å². The summed E-state index contributed by atoms with van der Waals surface area (Å²) in [5.41, 5.74) is 1.90. The van der Waals surface area contributed by atoms with E-state index in [9.17, 15) is 13.2 Å². The topological polar surface area (TPSA) is 66.9 Å². The van der Waals surface area contributed by atoms with Crippen molar-refractivity contribution in [1.82, 2.24) is 9.21 Å². The summed E-state index contributed by atoms with van der Waals surface area (Å²) in [5, 5.41) is 0. The number of ether oxygens (including phenoxy) is 1. The van der Waals surface area contributed by atoms with Gasteiger partial charge in [0.25, 0.3) is 0 Å². The Morgan fingerprint density at radius 3 is 2.33 bits per heavy atom. The lowest BCUT2D eigenvalue weighted by Gasteiger charge is -2.34. The van der Waals surface area contributed by atoms with E-state index in [1.807, 2.05) is 31.2 Å². The normalized spacial score (nSPS) is 15.6. The lowest BCUT2D eigenvalue weighted by atomic mass is 10.1. The molecule has 2 aromatic rings. The molecule has 0 N–H and O–H groups in total. The fourth-order valence-corrected chi connectivity index (χ4v) is 4.53. The Bertz CT molecular complexity index is 902. The quantitative estimate of drug-likeness (QED) is 0.787. The summed E-state index contributed by atoms with van der Waals surface area (Å²) in [6.45, 7) is 3.32. The molecule has 0 aromatic heterocycles. The van der Waals surface area contributed by atoms with E-state index in [0.717, 1.165) is 11.1 Å². The number of rotatable bonds is 5. The van der Waals surface area contributed by atoms with Crippen LogP contribution in [0.5, 0.6) is 5.75 Å². The van der Waals surface area contributed by atoms with Gasteiger partial charge in [0.1, 0.15) is 5.75 Å². The summed E-state index contributed by atoms with van der Waals surface area (Å²) in [5.74, 6) is 0.713. The number of nitrogens with zero attached hydrogens (tertiary/aromatic N) is 2. The van der Waals surface area contributed by atoms with Crippen molar-refractivity contribution in [2.24, 2.45) is 0 Å². The molecule has 0 saturated carbocycles. The smallest absolute Gasteiger partial charge is 0.243 e. The molecule has 0 unspecified atom stereocenters. The SMILES string of the molecule is COc1cccc(CC(=O)N2CCN(S(=O)(=O)c3ccc(C)cc3)CC2)c1. The van der Waals surface area contributed by atoms with E-state index in [4.69, 9.17) is 4.74 Å². The molecule has 0 atom stereocenters. The lowest BCUT2D eigenvalue weighted by Crippen LogP contribution is -2.50. The molecule has 1 aliphatic heterocycles. The van der Waals surface area contributed by atoms with Crippen molar-refractivity contribution in [3.63, 3.8) is 0 Å². The van der Waals surface area contributed by atoms with Crippen LogP contribution in [0.2, 0.25) is 0 Å². The van der Waals surface area contributed by atoms with E-state index >= 15 is 0 Å². The number of hydrogen-bond acceptors (Lipinski definition) is 4. The molecule has 1 heterocycles. The molecule has 6 nitrogen and oxygen atoms in total. The lowest BCUT2D eigenvalue weighted by molar-refractivity contribution is -0.131. The van der Waals surface area contributed by atoms with Crippen LogP contribution in [0.3, 0.4) is 0 Å². The predicted molar refractivity (Wildman–Crippen MR) is 103 cm³/mol. The Labute approximate surface area is 160 Å². The van der Waals surface area contributed by atoms with Gasteiger partial charge in [-0.15, -0.1) is 0 Å². The highest BCUT2D eigenvalue weighted by Crippen LogP contribution is 2.19. The molecule has 2 aromatic carbocycles. The Morgan fingerprint density at radius 1 is 1.04 bits per heavy atom. The van der Waals surface area contributed by atoms with Crippen molar-refractivity contribution in [3.05, 3.63) is 59.7 Å². The minimum absolute atomic E-state index is 0.00404. The van der Waals surface area contributed by atoms with Gasteiger partial charge < -0.3 is 9.64 Å². The zero-order valence-corrected chi connectivity index (χ0v) is 16.4. The fraction of sp³-hybridized carbons (Fsp3) is 0.350. The summed E-state index contributed by atoms with van der Waals surface area (Å²) in [4.78, 5) is 14.6. The number of piperazine rings is 1. The average Bonchev–Trinajstić information content (AvgIpc) is 2.68. The molecule has 7 heteroatoms. The van der Waals surface area contributed by atoms with Crippen LogP contribution in [-0.2, 0) is 21.2 Å². The Kier molecular flexibility index (Phi) is 5.82. The van der Waals surface area contributed by atoms with Crippen LogP contribution in [0.15, 0.2) is 53.4 Å². The Hall–Kier alpha value is -2.38. The third kappa shape index (κ3) is 4.48. The van der Waals surface area contributed by atoms with E-state index in [1.54, 1.807) is 36.3 Å². The van der Waals surface area contributed by atoms with E-state index in [2.05, 4.69) is 0 Å². The van der Waals surface area contributed by atoms with Crippen molar-refractivity contribution >= 4 is 15.9 Å². The van der Waals surface area contributed by atoms with E-state index in [0.29, 0.717) is 36.8 Å². The molecule has 1 saturated heterocycles. The van der Waals surface area contributed by atoms with Crippen LogP contribution in [0.25, 0.3) is 0 Å². The van der Waals surface area contributed by atoms with E-state index in [1.165, 1.54) is 4.31 Å². The van der Waals surface area contributed by atoms with Crippen LogP contribution in [0, 0.1) is 6.92 Å². The van der Waals surface area contributed by atoms with E-state index in [-0.39, 0.29) is 12.3 Å². The number of hydrogen-bond donors (Lipinski definition) is 0. The largest absolute Gasteiger partial charge is 0.497 e. The van der Waals surface area contributed by atoms with Crippen LogP contribution in [-0.4, -0.2) is 56.8 Å². The van der Waals surface area contributed by atoms with Crippen molar-refractivity contribution < 1.29 is 17.9 Å². The van der Waals surface area contributed by atoms with Gasteiger partial charge in [-0.3, -0.25) is 4.79 Å². The molecule has 3 rings (SSSR count). The molecule has 0 radical (unpaired) electrons. The Balaban J connectivity index is 1.61. The van der Waals surface area contributed by atoms with Gasteiger partial charge in [0.05, 0.1) is 18.4 Å². The monoisotopic (exact) mass is 388 g/mol. The maximum absolute atomic E-state index is 12.7. The van der Waals surface area contributed by atoms with Crippen molar-refractivity contribution in [3.8, 4) is 5.75 Å². The van der Waals surface area contributed by atoms with Gasteiger partial charge in [0, 0.05) is 26.2 Å². The third-order valence-corrected chi connectivity index (χ3v) is 6.65. The fourth-order valence-electron chi connectivity index (χ4n) is 3.11. The summed E-state index contributed by atoms with van der Waals surface area (Å²) in [6.07, 6.45) is 0.280. The van der Waals surface area contributed by atoms with Crippen molar-refractivity contribution in [2.75, 3.05) is 33.3 Å². The van der Waals surface area contributed by atoms with Crippen LogP contribution < -0.4 is 4.74 Å². The molecular formula is C20H24N2O4S. The van der Waals surface area contributed by atoms with Gasteiger partial charge in [-0.25, -0.2) is 8.42 Å². The van der Waals surface area contributed by atoms with Gasteiger partial charge in [-0.2, -0.15) is 4.31 Å². The highest BCUT2D eigenvalue weighted by molar-refractivity contribution is 7.89. The zero-order chi connectivity index (χ0) is 19.4. The molecule has 0 bridgehead atoms. The number of carbonyl (C=O) groups is 1. The molecule has 1 amide bonds. The first-order chi connectivity index (χ1) is 12.9. The second-order valence-corrected chi connectivity index (χ2v) is 8.56. The molecule has 1 fully saturated rings. The van der Waals surface area contributed by atoms with Gasteiger partial charge in [0.2, 0.25) is 15.9 Å². The van der Waals surface area contributed by atoms with E-state index < -0.39 is 10.0 Å². The minimum atomic E-state index is -3.52. The summed E-state index contributed by atoms with van der Waals surface area (Å²) in [7, 11) is -1.93. The van der Waals surface area contributed by atoms with Gasteiger partial charge in [0.15, 0.2) is 0 Å². The summed E-state index contributed by atoms with van der Waals surface area (Å²) < 4.78 is 32.1. The standard InChI is InChI=1S/C20H24N2O4S/c1-16-6-8-19(9-7-16)27(24,25)22-12-10-21(11-13-22)20(23)15-17-4-3-5-18(14-17)26-2/h3-9,14H,10-13,15H2,1-2H3. The van der Waals surface area contributed by atoms with Gasteiger partial charge in [-0.1, -0.05) is 29.8 Å². The number of methoxy groups -OCH3 is 1. The number of aryl methyl sites for hydroxylation is 1. The molecular weight excluding hydrogens is 364 g/mol. The van der Waals surface area contributed by atoms with Gasteiger partial charge in [-0.05, 0) is 36.8 Å². The molecule has 144 valence electrons. The molecule has 0 spiro atoms. The second-order valence-electron chi connectivity index (χ2n) is 6.63. The molecule has 27 heavy (non-hydrogen) atoms. The van der Waals surface area contributed by atoms with Crippen LogP contribution >= 0.6 is 0 Å². The highest BCUT2D eigenvalue weighted by atomic mass is 32.2. The Morgan fingerprint density at radius 2 is 1.70 bits per heavy atom. The first-order valence-corrected chi connectivity index (χ1v) is 10.3. The maximum Gasteiger partial charge on any atom is 0.243 e. The number of sulfonamides is 1. The highest BCUT2D eigenvalue weighted by Gasteiger charge is 2.30. The minimum Gasteiger partial charge on any atom is -0.497 e. The van der Waals surface area contributed by atoms with Crippen LogP contribution in [0.1, 0.15) is 11.1 Å². The maximum atomic E-state index is 12.7. The second kappa shape index (κ2) is 8.10. The number of benzene rings is 2. The first-order valence-electron chi connectivity index (χ1n) is 8.87. The summed E-state index contributed by atoms with van der Waals surface area (Å²) >= 11 is 0. The average molecular weight is 388 g/mol. The van der Waals surface area contributed by atoms with Crippen molar-refractivity contribution in [1.29, 1.82) is 0 Å². The van der Waals surface area contributed by atoms with Crippen molar-refractivity contribution in [2.45, 2.75) is 18.2 Å². The number of amides is 1. The third-order valence-electron chi connectivity index (χ3n) is 4.74.